The predicted molar refractivity (Wildman–Crippen MR) is 335 cm³/mol. The monoisotopic (exact) mass is 1120 g/mol. The van der Waals surface area contributed by atoms with Gasteiger partial charge in [0.25, 0.3) is 0 Å². The third kappa shape index (κ3) is 62.9. The zero-order chi connectivity index (χ0) is 57.0. The highest BCUT2D eigenvalue weighted by Crippen LogP contribution is 2.43. The summed E-state index contributed by atoms with van der Waals surface area (Å²) in [5, 5.41) is 0. The van der Waals surface area contributed by atoms with Crippen LogP contribution in [0.5, 0.6) is 0 Å². The fourth-order valence-electron chi connectivity index (χ4n) is 9.41. The molecule has 0 aromatic heterocycles. The molecular weight excluding hydrogens is 990 g/mol. The lowest BCUT2D eigenvalue weighted by atomic mass is 10.0. The third-order valence-electron chi connectivity index (χ3n) is 14.5. The van der Waals surface area contributed by atoms with E-state index in [9.17, 15) is 19.0 Å². The molecule has 0 aromatic carbocycles. The van der Waals surface area contributed by atoms with E-state index in [1.165, 1.54) is 199 Å². The second kappa shape index (κ2) is 59.3. The molecule has 2 atom stereocenters. The number of ether oxygens (including phenoxy) is 2. The first-order valence-corrected chi connectivity index (χ1v) is 34.5. The Morgan fingerprint density at radius 2 is 0.692 bits per heavy atom. The molecule has 0 amide bonds. The molecular formula is C68H127NO8P+. The third-order valence-corrected chi connectivity index (χ3v) is 15.5. The number of phosphoric acid groups is 1. The molecule has 0 radical (unpaired) electrons. The minimum atomic E-state index is -4.39. The van der Waals surface area contributed by atoms with E-state index in [2.05, 4.69) is 74.6 Å². The maximum Gasteiger partial charge on any atom is 0.472 e. The zero-order valence-electron chi connectivity index (χ0n) is 51.9. The summed E-state index contributed by atoms with van der Waals surface area (Å²) in [6.45, 7) is 4.43. The highest BCUT2D eigenvalue weighted by atomic mass is 31.2. The Bertz CT molecular complexity index is 1500. The van der Waals surface area contributed by atoms with Gasteiger partial charge in [-0.25, -0.2) is 4.57 Å². The van der Waals surface area contributed by atoms with E-state index in [1.807, 2.05) is 21.1 Å². The number of carbonyl (C=O) groups excluding carboxylic acids is 2. The van der Waals surface area contributed by atoms with Crippen LogP contribution in [0.15, 0.2) is 60.8 Å². The first-order chi connectivity index (χ1) is 38.0. The molecule has 78 heavy (non-hydrogen) atoms. The Kier molecular flexibility index (Phi) is 57.6. The number of nitrogens with zero attached hydrogens (tertiary/aromatic N) is 1. The lowest BCUT2D eigenvalue weighted by molar-refractivity contribution is -0.870. The summed E-state index contributed by atoms with van der Waals surface area (Å²) in [5.41, 5.74) is 0. The van der Waals surface area contributed by atoms with Gasteiger partial charge in [0.1, 0.15) is 19.8 Å². The molecule has 2 unspecified atom stereocenters. The number of quaternary nitrogens is 1. The smallest absolute Gasteiger partial charge is 0.462 e. The van der Waals surface area contributed by atoms with Crippen LogP contribution < -0.4 is 0 Å². The quantitative estimate of drug-likeness (QED) is 0.0211. The number of hydrogen-bond acceptors (Lipinski definition) is 7. The average molecular weight is 1120 g/mol. The fraction of sp³-hybridized carbons (Fsp3) is 0.824. The maximum absolute atomic E-state index is 12.8. The minimum Gasteiger partial charge on any atom is -0.462 e. The van der Waals surface area contributed by atoms with Crippen molar-refractivity contribution in [2.45, 2.75) is 315 Å². The van der Waals surface area contributed by atoms with Gasteiger partial charge in [-0.15, -0.1) is 0 Å². The molecule has 0 heterocycles. The Morgan fingerprint density at radius 3 is 1.03 bits per heavy atom. The second-order valence-electron chi connectivity index (χ2n) is 23.5. The number of carbonyl (C=O) groups is 2. The summed E-state index contributed by atoms with van der Waals surface area (Å²) in [7, 11) is 1.47. The van der Waals surface area contributed by atoms with Crippen molar-refractivity contribution in [1.82, 2.24) is 0 Å². The van der Waals surface area contributed by atoms with Gasteiger partial charge in [0.05, 0.1) is 27.7 Å². The van der Waals surface area contributed by atoms with E-state index in [-0.39, 0.29) is 32.0 Å². The van der Waals surface area contributed by atoms with Crippen molar-refractivity contribution in [3.05, 3.63) is 60.8 Å². The van der Waals surface area contributed by atoms with Gasteiger partial charge in [0.2, 0.25) is 0 Å². The van der Waals surface area contributed by atoms with Gasteiger partial charge in [0.15, 0.2) is 6.10 Å². The number of esters is 2. The van der Waals surface area contributed by atoms with Gasteiger partial charge in [-0.3, -0.25) is 18.6 Å². The van der Waals surface area contributed by atoms with Crippen LogP contribution in [0.1, 0.15) is 309 Å². The summed E-state index contributed by atoms with van der Waals surface area (Å²) in [4.78, 5) is 35.8. The standard InChI is InChI=1S/C68H126NO8P/c1-6-8-10-12-14-16-18-20-22-24-26-28-29-30-31-32-33-34-35-36-37-38-39-41-42-44-46-48-50-52-54-56-58-60-67(70)74-64-66(65-76-78(72,73)75-63-62-69(3,4)5)77-68(71)61-59-57-55-53-51-49-47-45-43-40-27-25-23-21-19-17-15-13-11-9-7-2/h18-21,24-27,43,45,66H,6-17,22-23,28-42,44,46-65H2,1-5H3/p+1/b20-18-,21-19-,26-24-,27-25-,45-43-. The SMILES string of the molecule is CCCCCCC/C=C\C/C=C\C/C=C\CCCCCCCCC(=O)OC(COC(=O)CCCCCCCCCCCCCCCCCCCCCCC/C=C\C/C=C\CCCCCCC)COP(=O)(O)OCC[N+](C)(C)C. The molecule has 0 spiro atoms. The summed E-state index contributed by atoms with van der Waals surface area (Å²) < 4.78 is 34.6. The molecule has 10 heteroatoms. The van der Waals surface area contributed by atoms with Gasteiger partial charge in [-0.2, -0.15) is 0 Å². The lowest BCUT2D eigenvalue weighted by Crippen LogP contribution is -2.37. The van der Waals surface area contributed by atoms with Gasteiger partial charge >= 0.3 is 19.8 Å². The van der Waals surface area contributed by atoms with E-state index >= 15 is 0 Å². The van der Waals surface area contributed by atoms with Crippen LogP contribution in [-0.2, 0) is 32.7 Å². The number of hydrogen-bond donors (Lipinski definition) is 1. The van der Waals surface area contributed by atoms with Crippen molar-refractivity contribution >= 4 is 19.8 Å². The van der Waals surface area contributed by atoms with E-state index in [0.29, 0.717) is 17.4 Å². The average Bonchev–Trinajstić information content (AvgIpc) is 3.41. The van der Waals surface area contributed by atoms with Gasteiger partial charge in [0, 0.05) is 12.8 Å². The number of likely N-dealkylation sites (N-methyl/N-ethyl adjacent to an activating group) is 1. The van der Waals surface area contributed by atoms with E-state index < -0.39 is 26.5 Å². The van der Waals surface area contributed by atoms with Crippen LogP contribution in [0, 0.1) is 0 Å². The van der Waals surface area contributed by atoms with E-state index in [4.69, 9.17) is 18.5 Å². The van der Waals surface area contributed by atoms with Gasteiger partial charge in [-0.05, 0) is 83.5 Å². The predicted octanol–water partition coefficient (Wildman–Crippen LogP) is 21.0. The fourth-order valence-corrected chi connectivity index (χ4v) is 10.2. The number of allylic oxidation sites excluding steroid dienone is 10. The van der Waals surface area contributed by atoms with Crippen LogP contribution in [0.2, 0.25) is 0 Å². The van der Waals surface area contributed by atoms with Crippen LogP contribution in [-0.4, -0.2) is 74.9 Å². The van der Waals surface area contributed by atoms with Gasteiger partial charge in [-0.1, -0.05) is 274 Å². The molecule has 0 bridgehead atoms. The van der Waals surface area contributed by atoms with Crippen LogP contribution in [0.3, 0.4) is 0 Å². The lowest BCUT2D eigenvalue weighted by Gasteiger charge is -2.24. The number of rotatable bonds is 61. The summed E-state index contributed by atoms with van der Waals surface area (Å²) in [5.74, 6) is -0.801. The molecule has 0 aliphatic rings. The van der Waals surface area contributed by atoms with Gasteiger partial charge < -0.3 is 18.9 Å². The van der Waals surface area contributed by atoms with Crippen molar-refractivity contribution in [3.8, 4) is 0 Å². The highest BCUT2D eigenvalue weighted by Gasteiger charge is 2.27. The maximum atomic E-state index is 12.8. The molecule has 9 nitrogen and oxygen atoms in total. The van der Waals surface area contributed by atoms with Crippen molar-refractivity contribution in [3.63, 3.8) is 0 Å². The topological polar surface area (TPSA) is 108 Å². The normalized spacial score (nSPS) is 13.6. The molecule has 1 N–H and O–H groups in total. The van der Waals surface area contributed by atoms with E-state index in [1.54, 1.807) is 0 Å². The number of phosphoric ester groups is 1. The second-order valence-corrected chi connectivity index (χ2v) is 25.0. The Hall–Kier alpha value is -2.29. The van der Waals surface area contributed by atoms with E-state index in [0.717, 1.165) is 77.0 Å². The van der Waals surface area contributed by atoms with Crippen molar-refractivity contribution < 1.29 is 42.1 Å². The largest absolute Gasteiger partial charge is 0.472 e. The van der Waals surface area contributed by atoms with Crippen molar-refractivity contribution in [2.24, 2.45) is 0 Å². The summed E-state index contributed by atoms with van der Waals surface area (Å²) >= 11 is 0. The first kappa shape index (κ1) is 75.7. The Balaban J connectivity index is 4.03. The molecule has 0 saturated carbocycles. The summed E-state index contributed by atoms with van der Waals surface area (Å²) in [6.07, 6.45) is 77.4. The first-order valence-electron chi connectivity index (χ1n) is 33.0. The molecule has 0 aromatic rings. The molecule has 0 aliphatic carbocycles. The molecule has 0 fully saturated rings. The van der Waals surface area contributed by atoms with Crippen LogP contribution >= 0.6 is 7.82 Å². The molecule has 456 valence electrons. The molecule has 0 aliphatic heterocycles. The van der Waals surface area contributed by atoms with Crippen LogP contribution in [0.25, 0.3) is 0 Å². The van der Waals surface area contributed by atoms with Crippen molar-refractivity contribution in [2.75, 3.05) is 47.5 Å². The zero-order valence-corrected chi connectivity index (χ0v) is 52.8. The minimum absolute atomic E-state index is 0.0285. The molecule has 0 rings (SSSR count). The van der Waals surface area contributed by atoms with Crippen molar-refractivity contribution in [1.29, 1.82) is 0 Å². The Labute approximate surface area is 483 Å². The highest BCUT2D eigenvalue weighted by molar-refractivity contribution is 7.47. The van der Waals surface area contributed by atoms with Crippen LogP contribution in [0.4, 0.5) is 0 Å². The summed E-state index contributed by atoms with van der Waals surface area (Å²) in [6, 6.07) is 0. The Morgan fingerprint density at radius 1 is 0.397 bits per heavy atom. The number of unbranched alkanes of at least 4 members (excludes halogenated alkanes) is 37. The molecule has 0 saturated heterocycles.